The first-order chi connectivity index (χ1) is 10.3. The van der Waals surface area contributed by atoms with Crippen LogP contribution in [-0.2, 0) is 4.79 Å². The van der Waals surface area contributed by atoms with E-state index in [1.807, 2.05) is 47.4 Å². The second-order valence-electron chi connectivity index (χ2n) is 5.68. The van der Waals surface area contributed by atoms with E-state index in [1.165, 1.54) is 4.90 Å². The molecule has 2 aromatic rings. The van der Waals surface area contributed by atoms with Crippen LogP contribution in [0.25, 0.3) is 10.8 Å². The first-order valence-corrected chi connectivity index (χ1v) is 7.37. The molecule has 2 aliphatic rings. The predicted octanol–water partition coefficient (Wildman–Crippen LogP) is 3.16. The maximum absolute atomic E-state index is 12.7. The summed E-state index contributed by atoms with van der Waals surface area (Å²) in [6, 6.07) is 13.8. The molecule has 2 aromatic carbocycles. The van der Waals surface area contributed by atoms with Gasteiger partial charge in [-0.3, -0.25) is 4.79 Å². The summed E-state index contributed by atoms with van der Waals surface area (Å²) in [7, 11) is 0. The molecule has 1 aliphatic carbocycles. The lowest BCUT2D eigenvalue weighted by Gasteiger charge is -2.34. The molecule has 4 rings (SSSR count). The molecule has 0 radical (unpaired) electrons. The van der Waals surface area contributed by atoms with E-state index in [1.54, 1.807) is 0 Å². The van der Waals surface area contributed by atoms with Crippen molar-refractivity contribution in [2.45, 2.75) is 25.3 Å². The van der Waals surface area contributed by atoms with Gasteiger partial charge in [-0.05, 0) is 24.3 Å². The molecule has 1 aliphatic heterocycles. The summed E-state index contributed by atoms with van der Waals surface area (Å²) < 4.78 is 0. The summed E-state index contributed by atoms with van der Waals surface area (Å²) in [6.07, 6.45) is 2.53. The van der Waals surface area contributed by atoms with Crippen LogP contribution in [0.2, 0.25) is 0 Å². The van der Waals surface area contributed by atoms with Gasteiger partial charge in [0.05, 0.1) is 5.69 Å². The van der Waals surface area contributed by atoms with Crippen molar-refractivity contribution in [2.75, 3.05) is 11.4 Å². The van der Waals surface area contributed by atoms with Crippen molar-refractivity contribution in [1.29, 1.82) is 0 Å². The Morgan fingerprint density at radius 2 is 1.71 bits per heavy atom. The fraction of sp³-hybridized carbons (Fsp3) is 0.294. The minimum Gasteiger partial charge on any atom is -0.320 e. The zero-order chi connectivity index (χ0) is 14.4. The minimum absolute atomic E-state index is 0.103. The second-order valence-corrected chi connectivity index (χ2v) is 5.68. The van der Waals surface area contributed by atoms with E-state index < -0.39 is 0 Å². The first kappa shape index (κ1) is 12.4. The number of benzene rings is 2. The van der Waals surface area contributed by atoms with Crippen LogP contribution >= 0.6 is 0 Å². The van der Waals surface area contributed by atoms with Crippen LogP contribution in [0.3, 0.4) is 0 Å². The number of hydrogen-bond donors (Lipinski definition) is 0. The fourth-order valence-corrected chi connectivity index (χ4v) is 3.02. The van der Waals surface area contributed by atoms with Crippen molar-refractivity contribution in [3.05, 3.63) is 42.5 Å². The number of imide groups is 1. The predicted molar refractivity (Wildman–Crippen MR) is 81.2 cm³/mol. The summed E-state index contributed by atoms with van der Waals surface area (Å²) in [5, 5.41) is 1.98. The first-order valence-electron chi connectivity index (χ1n) is 7.37. The van der Waals surface area contributed by atoms with Gasteiger partial charge in [-0.2, -0.15) is 0 Å². The Morgan fingerprint density at radius 1 is 0.952 bits per heavy atom. The average molecular weight is 280 g/mol. The molecule has 4 nitrogen and oxygen atoms in total. The third kappa shape index (κ3) is 1.98. The molecule has 0 atom stereocenters. The van der Waals surface area contributed by atoms with Gasteiger partial charge >= 0.3 is 6.03 Å². The number of anilines is 1. The number of rotatable bonds is 2. The molecule has 0 spiro atoms. The van der Waals surface area contributed by atoms with Crippen LogP contribution in [0.15, 0.2) is 42.5 Å². The highest BCUT2D eigenvalue weighted by molar-refractivity contribution is 6.19. The summed E-state index contributed by atoms with van der Waals surface area (Å²) in [4.78, 5) is 28.2. The molecule has 106 valence electrons. The molecule has 4 heteroatoms. The van der Waals surface area contributed by atoms with E-state index in [2.05, 4.69) is 0 Å². The van der Waals surface area contributed by atoms with E-state index in [-0.39, 0.29) is 11.9 Å². The summed E-state index contributed by atoms with van der Waals surface area (Å²) in [5.41, 5.74) is 0.702. The van der Waals surface area contributed by atoms with Gasteiger partial charge < -0.3 is 4.90 Å². The van der Waals surface area contributed by atoms with Gasteiger partial charge in [-0.25, -0.2) is 9.69 Å². The molecule has 0 N–H and O–H groups in total. The van der Waals surface area contributed by atoms with Crippen LogP contribution in [-0.4, -0.2) is 29.4 Å². The normalized spacial score (nSPS) is 19.4. The Balaban J connectivity index is 1.82. The molecule has 2 fully saturated rings. The highest BCUT2D eigenvalue weighted by Gasteiger charge is 2.41. The Morgan fingerprint density at radius 3 is 2.52 bits per heavy atom. The Labute approximate surface area is 122 Å². The molecule has 1 heterocycles. The molecular formula is C17H16N2O2. The minimum atomic E-state index is -0.162. The van der Waals surface area contributed by atoms with Gasteiger partial charge in [0.25, 0.3) is 0 Å². The highest BCUT2D eigenvalue weighted by atomic mass is 16.2. The largest absolute Gasteiger partial charge is 0.331 e. The summed E-state index contributed by atoms with van der Waals surface area (Å²) in [5.74, 6) is -0.103. The third-order valence-corrected chi connectivity index (χ3v) is 4.25. The third-order valence-electron chi connectivity index (χ3n) is 4.25. The monoisotopic (exact) mass is 280 g/mol. The van der Waals surface area contributed by atoms with Gasteiger partial charge in [0.1, 0.15) is 0 Å². The lowest BCUT2D eigenvalue weighted by atomic mass is 10.1. The van der Waals surface area contributed by atoms with Gasteiger partial charge in [-0.15, -0.1) is 0 Å². The smallest absolute Gasteiger partial charge is 0.320 e. The van der Waals surface area contributed by atoms with E-state index in [0.717, 1.165) is 23.6 Å². The number of carbonyl (C=O) groups is 2. The summed E-state index contributed by atoms with van der Waals surface area (Å²) >= 11 is 0. The van der Waals surface area contributed by atoms with Crippen LogP contribution in [0.1, 0.15) is 19.3 Å². The fourth-order valence-electron chi connectivity index (χ4n) is 3.02. The standard InChI is InChI=1S/C17H16N2O2/c20-16-10-11-18(13-8-9-13)17(21)19(16)15-7-3-5-12-4-1-2-6-14(12)15/h1-7,13H,8-11H2. The van der Waals surface area contributed by atoms with Crippen molar-refractivity contribution < 1.29 is 9.59 Å². The average Bonchev–Trinajstić information content (AvgIpc) is 3.32. The zero-order valence-electron chi connectivity index (χ0n) is 11.7. The number of amides is 3. The summed E-state index contributed by atoms with van der Waals surface area (Å²) in [6.45, 7) is 0.559. The maximum atomic E-state index is 12.7. The van der Waals surface area contributed by atoms with Gasteiger partial charge in [-0.1, -0.05) is 36.4 Å². The molecule has 21 heavy (non-hydrogen) atoms. The molecule has 0 unspecified atom stereocenters. The van der Waals surface area contributed by atoms with E-state index in [9.17, 15) is 9.59 Å². The van der Waals surface area contributed by atoms with Crippen LogP contribution in [0.5, 0.6) is 0 Å². The lowest BCUT2D eigenvalue weighted by Crippen LogP contribution is -2.53. The van der Waals surface area contributed by atoms with Crippen molar-refractivity contribution >= 4 is 28.4 Å². The van der Waals surface area contributed by atoms with Gasteiger partial charge in [0.15, 0.2) is 0 Å². The number of nitrogens with zero attached hydrogens (tertiary/aromatic N) is 2. The molecule has 0 bridgehead atoms. The van der Waals surface area contributed by atoms with E-state index >= 15 is 0 Å². The quantitative estimate of drug-likeness (QED) is 0.847. The number of carbonyl (C=O) groups excluding carboxylic acids is 2. The van der Waals surface area contributed by atoms with Crippen molar-refractivity contribution in [3.8, 4) is 0 Å². The maximum Gasteiger partial charge on any atom is 0.331 e. The van der Waals surface area contributed by atoms with E-state index in [0.29, 0.717) is 24.7 Å². The molecule has 3 amide bonds. The van der Waals surface area contributed by atoms with E-state index in [4.69, 9.17) is 0 Å². The van der Waals surface area contributed by atoms with Gasteiger partial charge in [0.2, 0.25) is 5.91 Å². The SMILES string of the molecule is O=C1CCN(C2CC2)C(=O)N1c1cccc2ccccc12. The Bertz CT molecular complexity index is 731. The van der Waals surface area contributed by atoms with Crippen molar-refractivity contribution in [3.63, 3.8) is 0 Å². The zero-order valence-corrected chi connectivity index (χ0v) is 11.7. The molecule has 1 saturated carbocycles. The number of hydrogen-bond acceptors (Lipinski definition) is 2. The Kier molecular flexibility index (Phi) is 2.70. The van der Waals surface area contributed by atoms with Crippen LogP contribution < -0.4 is 4.90 Å². The van der Waals surface area contributed by atoms with Crippen molar-refractivity contribution in [2.24, 2.45) is 0 Å². The van der Waals surface area contributed by atoms with Gasteiger partial charge in [0, 0.05) is 24.4 Å². The second kappa shape index (κ2) is 4.58. The number of fused-ring (bicyclic) bond motifs is 1. The van der Waals surface area contributed by atoms with Crippen LogP contribution in [0, 0.1) is 0 Å². The lowest BCUT2D eigenvalue weighted by molar-refractivity contribution is -0.119. The van der Waals surface area contributed by atoms with Crippen molar-refractivity contribution in [1.82, 2.24) is 4.90 Å². The molecule has 1 saturated heterocycles. The number of urea groups is 1. The van der Waals surface area contributed by atoms with Crippen LogP contribution in [0.4, 0.5) is 10.5 Å². The molecular weight excluding hydrogens is 264 g/mol. The molecule has 0 aromatic heterocycles. The Hall–Kier alpha value is -2.36. The topological polar surface area (TPSA) is 40.6 Å². The highest BCUT2D eigenvalue weighted by Crippen LogP contribution is 2.34.